The molecule has 4 aromatic rings. The second-order valence-electron chi connectivity index (χ2n) is 6.74. The second-order valence-corrected chi connectivity index (χ2v) is 6.74. The highest BCUT2D eigenvalue weighted by molar-refractivity contribution is 5.95. The highest BCUT2D eigenvalue weighted by atomic mass is 16.5. The zero-order valence-electron chi connectivity index (χ0n) is 15.1. The van der Waals surface area contributed by atoms with E-state index < -0.39 is 0 Å². The summed E-state index contributed by atoms with van der Waals surface area (Å²) in [5.41, 5.74) is 3.49. The Morgan fingerprint density at radius 1 is 0.923 bits per heavy atom. The first-order valence-electron chi connectivity index (χ1n) is 8.73. The molecule has 1 aliphatic rings. The first-order valence-corrected chi connectivity index (χ1v) is 8.73. The summed E-state index contributed by atoms with van der Waals surface area (Å²) >= 11 is 0. The lowest BCUT2D eigenvalue weighted by Gasteiger charge is -2.10. The minimum absolute atomic E-state index is 0.831. The summed E-state index contributed by atoms with van der Waals surface area (Å²) in [4.78, 5) is 2.11. The van der Waals surface area contributed by atoms with Gasteiger partial charge in [0, 0.05) is 12.4 Å². The largest absolute Gasteiger partial charge is 0.438 e. The lowest BCUT2D eigenvalue weighted by Crippen LogP contribution is -2.31. The Labute approximate surface area is 152 Å². The number of para-hydroxylation sites is 2. The van der Waals surface area contributed by atoms with E-state index in [1.807, 2.05) is 0 Å². The van der Waals surface area contributed by atoms with Crippen LogP contribution in [-0.4, -0.2) is 11.6 Å². The number of hydrogen-bond donors (Lipinski definition) is 0. The van der Waals surface area contributed by atoms with Gasteiger partial charge in [-0.1, -0.05) is 42.5 Å². The third-order valence-electron chi connectivity index (χ3n) is 5.30. The lowest BCUT2D eigenvalue weighted by molar-refractivity contribution is -0.647. The molecule has 3 aromatic carbocycles. The topological polar surface area (TPSA) is 21.3 Å². The number of hydrogen-bond acceptors (Lipinski definition) is 2. The van der Waals surface area contributed by atoms with E-state index in [4.69, 9.17) is 4.74 Å². The molecule has 0 unspecified atom stereocenters. The maximum Gasteiger partial charge on any atom is 0.287 e. The molecule has 0 bridgehead atoms. The van der Waals surface area contributed by atoms with Crippen LogP contribution >= 0.6 is 0 Å². The van der Waals surface area contributed by atoms with Crippen LogP contribution in [0.5, 0.6) is 5.75 Å². The molecule has 0 saturated carbocycles. The molecule has 4 nitrogen and oxygen atoms in total. The van der Waals surface area contributed by atoms with E-state index in [1.165, 1.54) is 16.4 Å². The summed E-state index contributed by atoms with van der Waals surface area (Å²) in [6.45, 7) is 0. The Kier molecular flexibility index (Phi) is 3.10. The van der Waals surface area contributed by atoms with Crippen LogP contribution in [0.3, 0.4) is 0 Å². The van der Waals surface area contributed by atoms with Gasteiger partial charge in [-0.25, -0.2) is 9.13 Å². The number of benzene rings is 3. The van der Waals surface area contributed by atoms with E-state index in [1.54, 1.807) is 0 Å². The maximum absolute atomic E-state index is 6.30. The Morgan fingerprint density at radius 3 is 2.54 bits per heavy atom. The standard InChI is InChI=1S/C22H20N3O/c1-23-17-10-6-7-11-18(17)24(2)20(23)14-21-25(3)19-13-12-15-8-4-5-9-16(15)22(19)26-21/h4-14H,1-3H3/q+1. The molecule has 0 spiro atoms. The molecule has 0 fully saturated rings. The van der Waals surface area contributed by atoms with Crippen molar-refractivity contribution in [3.8, 4) is 5.75 Å². The van der Waals surface area contributed by atoms with Gasteiger partial charge < -0.3 is 9.64 Å². The zero-order valence-corrected chi connectivity index (χ0v) is 15.1. The van der Waals surface area contributed by atoms with Crippen LogP contribution in [0.2, 0.25) is 0 Å². The van der Waals surface area contributed by atoms with Crippen molar-refractivity contribution in [2.75, 3.05) is 11.9 Å². The van der Waals surface area contributed by atoms with E-state index in [2.05, 4.69) is 102 Å². The summed E-state index contributed by atoms with van der Waals surface area (Å²) in [7, 11) is 6.23. The number of rotatable bonds is 1. The fraction of sp³-hybridized carbons (Fsp3) is 0.136. The predicted molar refractivity (Wildman–Crippen MR) is 105 cm³/mol. The molecular weight excluding hydrogens is 322 g/mol. The van der Waals surface area contributed by atoms with Crippen LogP contribution in [0.15, 0.2) is 66.5 Å². The van der Waals surface area contributed by atoms with Crippen molar-refractivity contribution >= 4 is 33.6 Å². The predicted octanol–water partition coefficient (Wildman–Crippen LogP) is 3.98. The lowest BCUT2D eigenvalue weighted by atomic mass is 10.1. The summed E-state index contributed by atoms with van der Waals surface area (Å²) in [6.07, 6.45) is 2.11. The number of aromatic nitrogens is 2. The number of nitrogens with zero attached hydrogens (tertiary/aromatic N) is 3. The molecule has 0 amide bonds. The van der Waals surface area contributed by atoms with E-state index in [0.29, 0.717) is 0 Å². The fourth-order valence-corrected chi connectivity index (χ4v) is 3.83. The molecule has 0 saturated heterocycles. The highest BCUT2D eigenvalue weighted by Gasteiger charge is 2.27. The average molecular weight is 342 g/mol. The van der Waals surface area contributed by atoms with Gasteiger partial charge in [0.1, 0.15) is 0 Å². The Bertz CT molecular complexity index is 1160. The van der Waals surface area contributed by atoms with Gasteiger partial charge in [0.05, 0.1) is 25.9 Å². The van der Waals surface area contributed by atoms with Crippen LogP contribution in [0, 0.1) is 0 Å². The van der Waals surface area contributed by atoms with Crippen molar-refractivity contribution in [1.29, 1.82) is 0 Å². The number of ether oxygens (including phenoxy) is 1. The van der Waals surface area contributed by atoms with Gasteiger partial charge in [0.15, 0.2) is 16.8 Å². The summed E-state index contributed by atoms with van der Waals surface area (Å²) in [6, 6.07) is 21.0. The van der Waals surface area contributed by atoms with Crippen molar-refractivity contribution in [2.45, 2.75) is 0 Å². The van der Waals surface area contributed by atoms with Crippen LogP contribution in [-0.2, 0) is 14.1 Å². The average Bonchev–Trinajstić information content (AvgIpc) is 3.12. The van der Waals surface area contributed by atoms with Gasteiger partial charge >= 0.3 is 0 Å². The summed E-state index contributed by atoms with van der Waals surface area (Å²) in [5, 5.41) is 2.33. The van der Waals surface area contributed by atoms with E-state index in [-0.39, 0.29) is 0 Å². The van der Waals surface area contributed by atoms with Crippen molar-refractivity contribution in [1.82, 2.24) is 4.57 Å². The SMILES string of the molecule is CN1C(=Cc2n(C)c3ccccc3[n+]2C)Oc2c1ccc1ccccc21. The summed E-state index contributed by atoms with van der Waals surface area (Å²) < 4.78 is 10.7. The Hall–Kier alpha value is -3.27. The van der Waals surface area contributed by atoms with Gasteiger partial charge in [-0.15, -0.1) is 0 Å². The van der Waals surface area contributed by atoms with E-state index in [0.717, 1.165) is 28.5 Å². The third kappa shape index (κ3) is 1.99. The quantitative estimate of drug-likeness (QED) is 0.488. The van der Waals surface area contributed by atoms with Crippen LogP contribution in [0.25, 0.3) is 27.9 Å². The Morgan fingerprint density at radius 2 is 1.69 bits per heavy atom. The third-order valence-corrected chi connectivity index (χ3v) is 5.30. The molecule has 1 aromatic heterocycles. The normalized spacial score (nSPS) is 15.0. The fourth-order valence-electron chi connectivity index (χ4n) is 3.83. The van der Waals surface area contributed by atoms with Crippen molar-refractivity contribution in [3.63, 3.8) is 0 Å². The summed E-state index contributed by atoms with van der Waals surface area (Å²) in [5.74, 6) is 2.85. The Balaban J connectivity index is 1.67. The van der Waals surface area contributed by atoms with Crippen molar-refractivity contribution < 1.29 is 9.30 Å². The first kappa shape index (κ1) is 15.0. The molecule has 2 heterocycles. The van der Waals surface area contributed by atoms with Gasteiger partial charge in [0.2, 0.25) is 5.88 Å². The molecular formula is C22H20N3O+. The van der Waals surface area contributed by atoms with Crippen LogP contribution < -0.4 is 14.2 Å². The number of fused-ring (bicyclic) bond motifs is 4. The minimum Gasteiger partial charge on any atom is -0.438 e. The number of imidazole rings is 1. The number of anilines is 1. The molecule has 4 heteroatoms. The van der Waals surface area contributed by atoms with E-state index in [9.17, 15) is 0 Å². The monoisotopic (exact) mass is 342 g/mol. The maximum atomic E-state index is 6.30. The smallest absolute Gasteiger partial charge is 0.287 e. The molecule has 5 rings (SSSR count). The van der Waals surface area contributed by atoms with Crippen molar-refractivity contribution in [2.24, 2.45) is 14.1 Å². The van der Waals surface area contributed by atoms with Crippen molar-refractivity contribution in [3.05, 3.63) is 72.4 Å². The van der Waals surface area contributed by atoms with E-state index >= 15 is 0 Å². The second kappa shape index (κ2) is 5.36. The molecule has 1 aliphatic heterocycles. The molecule has 0 N–H and O–H groups in total. The zero-order chi connectivity index (χ0) is 17.8. The molecule has 26 heavy (non-hydrogen) atoms. The van der Waals surface area contributed by atoms with Gasteiger partial charge in [-0.2, -0.15) is 0 Å². The number of aryl methyl sites for hydroxylation is 2. The molecule has 128 valence electrons. The molecule has 0 atom stereocenters. The van der Waals surface area contributed by atoms with Gasteiger partial charge in [-0.05, 0) is 23.6 Å². The van der Waals surface area contributed by atoms with Crippen LogP contribution in [0.1, 0.15) is 5.82 Å². The minimum atomic E-state index is 0.831. The first-order chi connectivity index (χ1) is 12.6. The highest BCUT2D eigenvalue weighted by Crippen LogP contribution is 2.43. The molecule has 0 aliphatic carbocycles. The van der Waals surface area contributed by atoms with Crippen LogP contribution in [0.4, 0.5) is 5.69 Å². The van der Waals surface area contributed by atoms with Gasteiger partial charge in [0.25, 0.3) is 5.82 Å². The van der Waals surface area contributed by atoms with Gasteiger partial charge in [-0.3, -0.25) is 0 Å². The molecule has 0 radical (unpaired) electrons.